The summed E-state index contributed by atoms with van der Waals surface area (Å²) in [5.41, 5.74) is 2.17. The third kappa shape index (κ3) is 3.80. The highest BCUT2D eigenvalue weighted by Gasteiger charge is 2.05. The number of rotatable bonds is 5. The molecule has 0 radical (unpaired) electrons. The SMILES string of the molecule is CCN(CCCl)Cc1ccc(F)cc1C. The normalized spacial score (nSPS) is 11.0. The molecule has 0 saturated carbocycles. The minimum atomic E-state index is -0.170. The zero-order valence-corrected chi connectivity index (χ0v) is 10.0. The fourth-order valence-electron chi connectivity index (χ4n) is 1.55. The Morgan fingerprint density at radius 2 is 2.13 bits per heavy atom. The summed E-state index contributed by atoms with van der Waals surface area (Å²) in [5, 5.41) is 0. The summed E-state index contributed by atoms with van der Waals surface area (Å²) < 4.78 is 12.9. The van der Waals surface area contributed by atoms with Crippen LogP contribution in [-0.4, -0.2) is 23.9 Å². The Labute approximate surface area is 95.8 Å². The minimum Gasteiger partial charge on any atom is -0.298 e. The van der Waals surface area contributed by atoms with E-state index >= 15 is 0 Å². The van der Waals surface area contributed by atoms with Gasteiger partial charge in [-0.2, -0.15) is 0 Å². The first-order valence-corrected chi connectivity index (χ1v) is 5.74. The maximum atomic E-state index is 12.9. The van der Waals surface area contributed by atoms with Gasteiger partial charge in [0.1, 0.15) is 5.82 Å². The summed E-state index contributed by atoms with van der Waals surface area (Å²) in [7, 11) is 0. The van der Waals surface area contributed by atoms with Gasteiger partial charge in [0.05, 0.1) is 0 Å². The molecule has 3 heteroatoms. The van der Waals surface area contributed by atoms with Crippen molar-refractivity contribution in [3.8, 4) is 0 Å². The van der Waals surface area contributed by atoms with E-state index in [0.29, 0.717) is 5.88 Å². The highest BCUT2D eigenvalue weighted by atomic mass is 35.5. The molecule has 0 atom stereocenters. The Kier molecular flexibility index (Phi) is 5.06. The van der Waals surface area contributed by atoms with Crippen LogP contribution in [-0.2, 0) is 6.54 Å². The van der Waals surface area contributed by atoms with Crippen LogP contribution < -0.4 is 0 Å². The van der Waals surface area contributed by atoms with E-state index in [-0.39, 0.29) is 5.82 Å². The second kappa shape index (κ2) is 6.09. The molecule has 1 rings (SSSR count). The van der Waals surface area contributed by atoms with E-state index in [0.717, 1.165) is 25.2 Å². The van der Waals surface area contributed by atoms with Gasteiger partial charge in [-0.05, 0) is 36.7 Å². The predicted molar refractivity (Wildman–Crippen MR) is 62.8 cm³/mol. The van der Waals surface area contributed by atoms with Crippen LogP contribution in [0.3, 0.4) is 0 Å². The molecular formula is C12H17ClFN. The molecule has 0 N–H and O–H groups in total. The number of hydrogen-bond donors (Lipinski definition) is 0. The smallest absolute Gasteiger partial charge is 0.123 e. The van der Waals surface area contributed by atoms with Gasteiger partial charge in [0.25, 0.3) is 0 Å². The van der Waals surface area contributed by atoms with Gasteiger partial charge in [0.2, 0.25) is 0 Å². The van der Waals surface area contributed by atoms with E-state index in [2.05, 4.69) is 11.8 Å². The topological polar surface area (TPSA) is 3.24 Å². The molecular weight excluding hydrogens is 213 g/mol. The van der Waals surface area contributed by atoms with Gasteiger partial charge in [-0.15, -0.1) is 11.6 Å². The lowest BCUT2D eigenvalue weighted by Crippen LogP contribution is -2.25. The van der Waals surface area contributed by atoms with Crippen LogP contribution in [0.15, 0.2) is 18.2 Å². The van der Waals surface area contributed by atoms with Gasteiger partial charge < -0.3 is 0 Å². The Balaban J connectivity index is 2.70. The first kappa shape index (κ1) is 12.5. The van der Waals surface area contributed by atoms with Gasteiger partial charge in [-0.3, -0.25) is 4.90 Å². The summed E-state index contributed by atoms with van der Waals surface area (Å²) in [6, 6.07) is 4.93. The van der Waals surface area contributed by atoms with E-state index in [1.165, 1.54) is 11.6 Å². The van der Waals surface area contributed by atoms with Crippen LogP contribution >= 0.6 is 11.6 Å². The lowest BCUT2D eigenvalue weighted by atomic mass is 10.1. The van der Waals surface area contributed by atoms with Crippen molar-refractivity contribution in [3.05, 3.63) is 35.1 Å². The Hall–Kier alpha value is -0.600. The summed E-state index contributed by atoms with van der Waals surface area (Å²) >= 11 is 5.70. The van der Waals surface area contributed by atoms with Gasteiger partial charge in [-0.1, -0.05) is 13.0 Å². The number of aryl methyl sites for hydroxylation is 1. The molecule has 0 fully saturated rings. The van der Waals surface area contributed by atoms with Crippen LogP contribution in [0.2, 0.25) is 0 Å². The molecule has 1 aromatic carbocycles. The molecule has 0 saturated heterocycles. The molecule has 0 aliphatic carbocycles. The molecule has 1 nitrogen and oxygen atoms in total. The molecule has 1 aromatic rings. The van der Waals surface area contributed by atoms with Gasteiger partial charge in [0.15, 0.2) is 0 Å². The number of nitrogens with zero attached hydrogens (tertiary/aromatic N) is 1. The molecule has 0 amide bonds. The lowest BCUT2D eigenvalue weighted by Gasteiger charge is -2.20. The van der Waals surface area contributed by atoms with E-state index < -0.39 is 0 Å². The van der Waals surface area contributed by atoms with Crippen molar-refractivity contribution in [3.63, 3.8) is 0 Å². The Bertz CT molecular complexity index is 314. The van der Waals surface area contributed by atoms with Gasteiger partial charge in [-0.25, -0.2) is 4.39 Å². The summed E-state index contributed by atoms with van der Waals surface area (Å²) in [6.45, 7) is 6.71. The van der Waals surface area contributed by atoms with Crippen molar-refractivity contribution in [2.24, 2.45) is 0 Å². The second-order valence-corrected chi connectivity index (χ2v) is 4.01. The molecule has 0 heterocycles. The van der Waals surface area contributed by atoms with Crippen molar-refractivity contribution in [1.29, 1.82) is 0 Å². The van der Waals surface area contributed by atoms with Crippen molar-refractivity contribution in [2.75, 3.05) is 19.0 Å². The summed E-state index contributed by atoms with van der Waals surface area (Å²) in [6.07, 6.45) is 0. The van der Waals surface area contributed by atoms with E-state index in [1.54, 1.807) is 6.07 Å². The highest BCUT2D eigenvalue weighted by Crippen LogP contribution is 2.12. The van der Waals surface area contributed by atoms with Crippen LogP contribution in [0.25, 0.3) is 0 Å². The van der Waals surface area contributed by atoms with Crippen molar-refractivity contribution >= 4 is 11.6 Å². The van der Waals surface area contributed by atoms with Crippen LogP contribution in [0.5, 0.6) is 0 Å². The fourth-order valence-corrected chi connectivity index (χ4v) is 1.79. The zero-order chi connectivity index (χ0) is 11.3. The predicted octanol–water partition coefficient (Wildman–Crippen LogP) is 3.19. The third-order valence-corrected chi connectivity index (χ3v) is 2.72. The highest BCUT2D eigenvalue weighted by molar-refractivity contribution is 6.18. The van der Waals surface area contributed by atoms with E-state index in [4.69, 9.17) is 11.6 Å². The summed E-state index contributed by atoms with van der Waals surface area (Å²) in [4.78, 5) is 2.24. The third-order valence-electron chi connectivity index (χ3n) is 2.55. The van der Waals surface area contributed by atoms with Crippen molar-refractivity contribution in [1.82, 2.24) is 4.90 Å². The monoisotopic (exact) mass is 229 g/mol. The molecule has 0 bridgehead atoms. The minimum absolute atomic E-state index is 0.170. The maximum Gasteiger partial charge on any atom is 0.123 e. The Morgan fingerprint density at radius 3 is 2.67 bits per heavy atom. The van der Waals surface area contributed by atoms with Crippen molar-refractivity contribution < 1.29 is 4.39 Å². The molecule has 0 aliphatic heterocycles. The molecule has 0 spiro atoms. The van der Waals surface area contributed by atoms with Crippen LogP contribution in [0.1, 0.15) is 18.1 Å². The summed E-state index contributed by atoms with van der Waals surface area (Å²) in [5.74, 6) is 0.463. The second-order valence-electron chi connectivity index (χ2n) is 3.63. The average Bonchev–Trinajstić information content (AvgIpc) is 2.21. The largest absolute Gasteiger partial charge is 0.298 e. The number of halogens is 2. The maximum absolute atomic E-state index is 12.9. The van der Waals surface area contributed by atoms with Crippen molar-refractivity contribution in [2.45, 2.75) is 20.4 Å². The van der Waals surface area contributed by atoms with Gasteiger partial charge in [0, 0.05) is 19.0 Å². The average molecular weight is 230 g/mol. The van der Waals surface area contributed by atoms with Crippen LogP contribution in [0, 0.1) is 12.7 Å². The standard InChI is InChI=1S/C12H17ClFN/c1-3-15(7-6-13)9-11-4-5-12(14)8-10(11)2/h4-5,8H,3,6-7,9H2,1-2H3. The fraction of sp³-hybridized carbons (Fsp3) is 0.500. The van der Waals surface area contributed by atoms with E-state index in [9.17, 15) is 4.39 Å². The lowest BCUT2D eigenvalue weighted by molar-refractivity contribution is 0.297. The van der Waals surface area contributed by atoms with Crippen LogP contribution in [0.4, 0.5) is 4.39 Å². The van der Waals surface area contributed by atoms with E-state index in [1.807, 2.05) is 13.0 Å². The molecule has 0 unspecified atom stereocenters. The quantitative estimate of drug-likeness (QED) is 0.701. The number of benzene rings is 1. The Morgan fingerprint density at radius 1 is 1.40 bits per heavy atom. The first-order chi connectivity index (χ1) is 7.17. The number of hydrogen-bond acceptors (Lipinski definition) is 1. The molecule has 0 aliphatic rings. The van der Waals surface area contributed by atoms with Gasteiger partial charge >= 0.3 is 0 Å². The first-order valence-electron chi connectivity index (χ1n) is 5.20. The molecule has 0 aromatic heterocycles. The molecule has 15 heavy (non-hydrogen) atoms. The zero-order valence-electron chi connectivity index (χ0n) is 9.26. The molecule has 84 valence electrons. The number of alkyl halides is 1.